The van der Waals surface area contributed by atoms with Crippen LogP contribution in [-0.2, 0) is 11.8 Å². The zero-order valence-electron chi connectivity index (χ0n) is 16.1. The van der Waals surface area contributed by atoms with Gasteiger partial charge in [-0.1, -0.05) is 23.4 Å². The summed E-state index contributed by atoms with van der Waals surface area (Å²) in [4.78, 5) is 24.6. The monoisotopic (exact) mass is 427 g/mol. The molecule has 1 aliphatic heterocycles. The van der Waals surface area contributed by atoms with E-state index in [4.69, 9.17) is 11.6 Å². The third kappa shape index (κ3) is 4.92. The van der Waals surface area contributed by atoms with E-state index < -0.39 is 0 Å². The highest BCUT2D eigenvalue weighted by Gasteiger charge is 2.25. The van der Waals surface area contributed by atoms with Gasteiger partial charge < -0.3 is 14.8 Å². The number of aryl methyl sites for hydroxylation is 1. The molecule has 29 heavy (non-hydrogen) atoms. The number of piperidine rings is 1. The van der Waals surface area contributed by atoms with Crippen LogP contribution in [0.4, 0.5) is 11.5 Å². The number of amides is 1. The minimum absolute atomic E-state index is 0.0140. The van der Waals surface area contributed by atoms with Crippen molar-refractivity contribution in [2.45, 2.75) is 22.9 Å². The van der Waals surface area contributed by atoms with Crippen LogP contribution in [0.5, 0.6) is 0 Å². The second kappa shape index (κ2) is 8.88. The van der Waals surface area contributed by atoms with Crippen LogP contribution in [-0.4, -0.2) is 33.5 Å². The number of aromatic nitrogens is 3. The summed E-state index contributed by atoms with van der Waals surface area (Å²) in [6.45, 7) is 1.62. The Morgan fingerprint density at radius 3 is 2.52 bits per heavy atom. The van der Waals surface area contributed by atoms with Crippen molar-refractivity contribution in [2.75, 3.05) is 23.3 Å². The molecule has 1 N–H and O–H groups in total. The van der Waals surface area contributed by atoms with Crippen LogP contribution in [0, 0.1) is 5.92 Å². The summed E-state index contributed by atoms with van der Waals surface area (Å²) in [6, 6.07) is 11.7. The highest BCUT2D eigenvalue weighted by atomic mass is 35.5. The molecule has 0 unspecified atom stereocenters. The standard InChI is InChI=1S/C21H22ClN5OS/c1-26-13-10-23-21(26)29-18-5-3-17(4-6-18)25-20(28)15-8-11-27(12-9-15)19-7-2-16(22)14-24-19/h2-7,10,13-15H,8-9,11-12H2,1H3,(H,25,28). The Labute approximate surface area is 179 Å². The molecule has 1 aliphatic rings. The van der Waals surface area contributed by atoms with Gasteiger partial charge in [0.05, 0.1) is 5.02 Å². The highest BCUT2D eigenvalue weighted by molar-refractivity contribution is 7.99. The Kier molecular flexibility index (Phi) is 6.06. The van der Waals surface area contributed by atoms with Crippen molar-refractivity contribution < 1.29 is 4.79 Å². The maximum Gasteiger partial charge on any atom is 0.227 e. The summed E-state index contributed by atoms with van der Waals surface area (Å²) in [5.41, 5.74) is 0.820. The number of imidazole rings is 1. The fourth-order valence-electron chi connectivity index (χ4n) is 3.33. The molecule has 0 saturated carbocycles. The highest BCUT2D eigenvalue weighted by Crippen LogP contribution is 2.28. The Hall–Kier alpha value is -2.51. The fourth-order valence-corrected chi connectivity index (χ4v) is 4.25. The van der Waals surface area contributed by atoms with Crippen LogP contribution < -0.4 is 10.2 Å². The minimum Gasteiger partial charge on any atom is -0.357 e. The van der Waals surface area contributed by atoms with Crippen LogP contribution in [0.25, 0.3) is 0 Å². The van der Waals surface area contributed by atoms with Crippen LogP contribution in [0.2, 0.25) is 5.02 Å². The number of nitrogens with zero attached hydrogens (tertiary/aromatic N) is 4. The zero-order valence-corrected chi connectivity index (χ0v) is 17.7. The number of nitrogens with one attached hydrogen (secondary N) is 1. The molecular formula is C21H22ClN5OS. The van der Waals surface area contributed by atoms with Gasteiger partial charge in [0.2, 0.25) is 5.91 Å². The summed E-state index contributed by atoms with van der Waals surface area (Å²) in [7, 11) is 1.97. The number of carbonyl (C=O) groups is 1. The first-order valence-corrected chi connectivity index (χ1v) is 10.7. The topological polar surface area (TPSA) is 63.1 Å². The predicted molar refractivity (Wildman–Crippen MR) is 117 cm³/mol. The smallest absolute Gasteiger partial charge is 0.227 e. The number of rotatable bonds is 5. The van der Waals surface area contributed by atoms with Gasteiger partial charge >= 0.3 is 0 Å². The number of benzene rings is 1. The zero-order chi connectivity index (χ0) is 20.2. The summed E-state index contributed by atoms with van der Waals surface area (Å²) < 4.78 is 1.98. The lowest BCUT2D eigenvalue weighted by Gasteiger charge is -2.32. The lowest BCUT2D eigenvalue weighted by atomic mass is 9.96. The second-order valence-electron chi connectivity index (χ2n) is 7.03. The SMILES string of the molecule is Cn1ccnc1Sc1ccc(NC(=O)C2CCN(c3ccc(Cl)cn3)CC2)cc1. The maximum absolute atomic E-state index is 12.7. The number of hydrogen-bond acceptors (Lipinski definition) is 5. The molecular weight excluding hydrogens is 406 g/mol. The Morgan fingerprint density at radius 1 is 1.14 bits per heavy atom. The van der Waals surface area contributed by atoms with Crippen molar-refractivity contribution in [1.82, 2.24) is 14.5 Å². The third-order valence-corrected chi connectivity index (χ3v) is 6.32. The van der Waals surface area contributed by atoms with Crippen LogP contribution >= 0.6 is 23.4 Å². The van der Waals surface area contributed by atoms with Gasteiger partial charge in [0.1, 0.15) is 5.82 Å². The second-order valence-corrected chi connectivity index (χ2v) is 8.51. The van der Waals surface area contributed by atoms with Crippen LogP contribution in [0.15, 0.2) is 65.0 Å². The Morgan fingerprint density at radius 2 is 1.90 bits per heavy atom. The van der Waals surface area contributed by atoms with Gasteiger partial charge in [-0.25, -0.2) is 9.97 Å². The first kappa shape index (κ1) is 19.8. The molecule has 3 heterocycles. The molecule has 1 amide bonds. The predicted octanol–water partition coefficient (Wildman–Crippen LogP) is 4.47. The van der Waals surface area contributed by atoms with E-state index in [0.717, 1.165) is 47.5 Å². The Balaban J connectivity index is 1.29. The van der Waals surface area contributed by atoms with E-state index in [1.807, 2.05) is 54.2 Å². The van der Waals surface area contributed by atoms with E-state index in [1.165, 1.54) is 0 Å². The first-order chi connectivity index (χ1) is 14.1. The van der Waals surface area contributed by atoms with E-state index >= 15 is 0 Å². The average molecular weight is 428 g/mol. The molecule has 6 nitrogen and oxygen atoms in total. The van der Waals surface area contributed by atoms with Crippen molar-refractivity contribution in [3.63, 3.8) is 0 Å². The molecule has 0 atom stereocenters. The van der Waals surface area contributed by atoms with Crippen molar-refractivity contribution in [3.8, 4) is 0 Å². The van der Waals surface area contributed by atoms with Crippen molar-refractivity contribution in [1.29, 1.82) is 0 Å². The van der Waals surface area contributed by atoms with E-state index in [2.05, 4.69) is 20.2 Å². The van der Waals surface area contributed by atoms with Gasteiger partial charge in [0, 0.05) is 55.2 Å². The van der Waals surface area contributed by atoms with Crippen molar-refractivity contribution >= 4 is 40.8 Å². The van der Waals surface area contributed by atoms with Gasteiger partial charge in [-0.2, -0.15) is 0 Å². The van der Waals surface area contributed by atoms with Crippen LogP contribution in [0.3, 0.4) is 0 Å². The van der Waals surface area contributed by atoms with E-state index in [-0.39, 0.29) is 11.8 Å². The molecule has 0 bridgehead atoms. The van der Waals surface area contributed by atoms with E-state index in [0.29, 0.717) is 5.02 Å². The fraction of sp³-hybridized carbons (Fsp3) is 0.286. The number of hydrogen-bond donors (Lipinski definition) is 1. The molecule has 2 aromatic heterocycles. The van der Waals surface area contributed by atoms with Crippen molar-refractivity contribution in [2.24, 2.45) is 13.0 Å². The molecule has 1 saturated heterocycles. The van der Waals surface area contributed by atoms with E-state index in [1.54, 1.807) is 24.2 Å². The van der Waals surface area contributed by atoms with Gasteiger partial charge in [-0.05, 0) is 49.2 Å². The lowest BCUT2D eigenvalue weighted by Crippen LogP contribution is -2.38. The molecule has 0 spiro atoms. The molecule has 4 rings (SSSR count). The summed E-state index contributed by atoms with van der Waals surface area (Å²) in [5, 5.41) is 4.62. The lowest BCUT2D eigenvalue weighted by molar-refractivity contribution is -0.120. The molecule has 1 aromatic carbocycles. The van der Waals surface area contributed by atoms with Crippen LogP contribution in [0.1, 0.15) is 12.8 Å². The number of anilines is 2. The van der Waals surface area contributed by atoms with Gasteiger partial charge in [-0.15, -0.1) is 0 Å². The largest absolute Gasteiger partial charge is 0.357 e. The molecule has 0 radical (unpaired) electrons. The first-order valence-electron chi connectivity index (χ1n) is 9.51. The summed E-state index contributed by atoms with van der Waals surface area (Å²) >= 11 is 7.50. The minimum atomic E-state index is 0.0140. The van der Waals surface area contributed by atoms with Gasteiger partial charge in [0.25, 0.3) is 0 Å². The third-order valence-electron chi connectivity index (χ3n) is 5.01. The summed E-state index contributed by atoms with van der Waals surface area (Å²) in [6.07, 6.45) is 6.98. The molecule has 0 aliphatic carbocycles. The number of pyridine rings is 1. The maximum atomic E-state index is 12.7. The van der Waals surface area contributed by atoms with Crippen molar-refractivity contribution in [3.05, 3.63) is 60.0 Å². The molecule has 8 heteroatoms. The molecule has 1 fully saturated rings. The van der Waals surface area contributed by atoms with Gasteiger partial charge in [0.15, 0.2) is 5.16 Å². The van der Waals surface area contributed by atoms with Gasteiger partial charge in [-0.3, -0.25) is 4.79 Å². The molecule has 3 aromatic rings. The number of carbonyl (C=O) groups excluding carboxylic acids is 1. The molecule has 150 valence electrons. The number of halogens is 1. The van der Waals surface area contributed by atoms with E-state index in [9.17, 15) is 4.79 Å². The normalized spacial score (nSPS) is 14.8. The average Bonchev–Trinajstić information content (AvgIpc) is 3.14. The Bertz CT molecular complexity index is 965. The quantitative estimate of drug-likeness (QED) is 0.650. The summed E-state index contributed by atoms with van der Waals surface area (Å²) in [5.74, 6) is 1.01.